The van der Waals surface area contributed by atoms with Gasteiger partial charge in [-0.25, -0.2) is 0 Å². The lowest BCUT2D eigenvalue weighted by atomic mass is 10.2. The van der Waals surface area contributed by atoms with Crippen molar-refractivity contribution >= 4 is 40.7 Å². The van der Waals surface area contributed by atoms with Gasteiger partial charge in [-0.3, -0.25) is 0 Å². The average molecular weight is 440 g/mol. The van der Waals surface area contributed by atoms with Crippen molar-refractivity contribution in [1.29, 1.82) is 0 Å². The highest BCUT2D eigenvalue weighted by atomic mass is 35.5. The number of rotatable bonds is 6. The molecule has 0 bridgehead atoms. The molecule has 30 heavy (non-hydrogen) atoms. The first-order valence-electron chi connectivity index (χ1n) is 9.82. The zero-order valence-corrected chi connectivity index (χ0v) is 17.9. The smallest absolute Gasteiger partial charge is 0.234 e. The summed E-state index contributed by atoms with van der Waals surface area (Å²) >= 11 is 11.4. The molecule has 0 spiro atoms. The minimum absolute atomic E-state index is 0.402. The summed E-state index contributed by atoms with van der Waals surface area (Å²) < 4.78 is 5.95. The van der Waals surface area contributed by atoms with Crippen LogP contribution in [0.4, 0.5) is 11.8 Å². The summed E-state index contributed by atoms with van der Waals surface area (Å²) in [5, 5.41) is 7.39. The Morgan fingerprint density at radius 1 is 1.03 bits per heavy atom. The highest BCUT2D eigenvalue weighted by molar-refractivity contribution is 7.80. The number of nitrogens with one attached hydrogen (secondary N) is 2. The second-order valence-electron chi connectivity index (χ2n) is 6.93. The summed E-state index contributed by atoms with van der Waals surface area (Å²) in [7, 11) is 0. The number of thiocarbonyl (C=S) groups is 1. The lowest BCUT2D eigenvalue weighted by Crippen LogP contribution is -2.29. The lowest BCUT2D eigenvalue weighted by Gasteiger charge is -2.18. The lowest BCUT2D eigenvalue weighted by molar-refractivity contribution is 0.462. The molecule has 0 amide bonds. The minimum atomic E-state index is 0.402. The fraction of sp³-hybridized carbons (Fsp3) is 0.227. The maximum absolute atomic E-state index is 5.95. The van der Waals surface area contributed by atoms with Crippen LogP contribution in [0, 0.1) is 0 Å². The van der Waals surface area contributed by atoms with Crippen LogP contribution in [0.3, 0.4) is 0 Å². The first kappa shape index (κ1) is 20.4. The van der Waals surface area contributed by atoms with E-state index in [4.69, 9.17) is 28.6 Å². The molecule has 8 heteroatoms. The molecule has 0 radical (unpaired) electrons. The van der Waals surface area contributed by atoms with Crippen LogP contribution in [-0.4, -0.2) is 28.2 Å². The first-order valence-corrected chi connectivity index (χ1v) is 10.6. The van der Waals surface area contributed by atoms with Crippen LogP contribution in [0.25, 0.3) is 0 Å². The number of halogens is 1. The Morgan fingerprint density at radius 2 is 1.77 bits per heavy atom. The highest BCUT2D eigenvalue weighted by Gasteiger charge is 2.17. The van der Waals surface area contributed by atoms with Gasteiger partial charge in [-0.05, 0) is 54.9 Å². The highest BCUT2D eigenvalue weighted by Crippen LogP contribution is 2.26. The SMILES string of the molecule is S=C(NCc1ccc(Cl)cc1)Nc1nc(Oc2ccccc2)cc(N2CCCC2)n1. The van der Waals surface area contributed by atoms with E-state index in [1.165, 1.54) is 0 Å². The average Bonchev–Trinajstić information content (AvgIpc) is 3.29. The number of benzene rings is 2. The van der Waals surface area contributed by atoms with Gasteiger partial charge in [0.2, 0.25) is 11.8 Å². The molecular formula is C22H22ClN5OS. The summed E-state index contributed by atoms with van der Waals surface area (Å²) in [6, 6.07) is 19.1. The molecule has 0 saturated carbocycles. The normalized spacial score (nSPS) is 13.2. The van der Waals surface area contributed by atoms with Crippen LogP contribution in [0.2, 0.25) is 5.02 Å². The Kier molecular flexibility index (Phi) is 6.61. The number of ether oxygens (including phenoxy) is 1. The van der Waals surface area contributed by atoms with Crippen LogP contribution < -0.4 is 20.3 Å². The number of hydrogen-bond donors (Lipinski definition) is 2. The summed E-state index contributed by atoms with van der Waals surface area (Å²) in [6.07, 6.45) is 2.31. The first-order chi connectivity index (χ1) is 14.7. The fourth-order valence-corrected chi connectivity index (χ4v) is 3.46. The van der Waals surface area contributed by atoms with E-state index in [1.807, 2.05) is 60.7 Å². The predicted molar refractivity (Wildman–Crippen MR) is 125 cm³/mol. The molecule has 0 aliphatic carbocycles. The maximum atomic E-state index is 5.95. The molecule has 4 rings (SSSR count). The van der Waals surface area contributed by atoms with Gasteiger partial charge in [-0.1, -0.05) is 41.9 Å². The van der Waals surface area contributed by atoms with Gasteiger partial charge in [0.15, 0.2) is 5.11 Å². The monoisotopic (exact) mass is 439 g/mol. The zero-order valence-electron chi connectivity index (χ0n) is 16.3. The van der Waals surface area contributed by atoms with Crippen molar-refractivity contribution in [2.45, 2.75) is 19.4 Å². The van der Waals surface area contributed by atoms with Crippen LogP contribution in [-0.2, 0) is 6.54 Å². The van der Waals surface area contributed by atoms with Crippen molar-refractivity contribution < 1.29 is 4.74 Å². The van der Waals surface area contributed by atoms with E-state index in [9.17, 15) is 0 Å². The quantitative estimate of drug-likeness (QED) is 0.523. The third-order valence-corrected chi connectivity index (χ3v) is 5.17. The van der Waals surface area contributed by atoms with Gasteiger partial charge in [0.05, 0.1) is 0 Å². The van der Waals surface area contributed by atoms with Crippen molar-refractivity contribution in [3.8, 4) is 11.6 Å². The molecule has 1 aliphatic heterocycles. The molecule has 0 atom stereocenters. The third kappa shape index (κ3) is 5.58. The van der Waals surface area contributed by atoms with Crippen molar-refractivity contribution in [3.63, 3.8) is 0 Å². The number of nitrogens with zero attached hydrogens (tertiary/aromatic N) is 3. The van der Waals surface area contributed by atoms with Crippen LogP contribution in [0.1, 0.15) is 18.4 Å². The Hall–Kier alpha value is -2.90. The standard InChI is InChI=1S/C22H22ClN5OS/c23-17-10-8-16(9-11-17)15-24-22(30)27-21-25-19(28-12-4-5-13-28)14-20(26-21)29-18-6-2-1-3-7-18/h1-3,6-11,14H,4-5,12-13,15H2,(H2,24,25,26,27,30). The van der Waals surface area contributed by atoms with Crippen molar-refractivity contribution in [1.82, 2.24) is 15.3 Å². The predicted octanol–water partition coefficient (Wildman–Crippen LogP) is 5.01. The van der Waals surface area contributed by atoms with E-state index >= 15 is 0 Å². The number of anilines is 2. The van der Waals surface area contributed by atoms with E-state index in [-0.39, 0.29) is 0 Å². The molecule has 2 aromatic carbocycles. The van der Waals surface area contributed by atoms with Crippen LogP contribution in [0.15, 0.2) is 60.7 Å². The summed E-state index contributed by atoms with van der Waals surface area (Å²) in [4.78, 5) is 11.4. The van der Waals surface area contributed by atoms with Crippen LogP contribution in [0.5, 0.6) is 11.6 Å². The topological polar surface area (TPSA) is 62.3 Å². The second-order valence-corrected chi connectivity index (χ2v) is 7.78. The van der Waals surface area contributed by atoms with Gasteiger partial charge in [0.25, 0.3) is 0 Å². The van der Waals surface area contributed by atoms with Gasteiger partial charge in [0, 0.05) is 30.7 Å². The van der Waals surface area contributed by atoms with Gasteiger partial charge < -0.3 is 20.3 Å². The number of para-hydroxylation sites is 1. The molecule has 2 heterocycles. The van der Waals surface area contributed by atoms with Crippen molar-refractivity contribution in [2.75, 3.05) is 23.3 Å². The Morgan fingerprint density at radius 3 is 2.50 bits per heavy atom. The molecule has 0 unspecified atom stereocenters. The summed E-state index contributed by atoms with van der Waals surface area (Å²) in [5.41, 5.74) is 1.07. The summed E-state index contributed by atoms with van der Waals surface area (Å²) in [6.45, 7) is 2.52. The van der Waals surface area contributed by atoms with E-state index in [2.05, 4.69) is 25.5 Å². The maximum Gasteiger partial charge on any atom is 0.234 e. The fourth-order valence-electron chi connectivity index (χ4n) is 3.17. The van der Waals surface area contributed by atoms with Crippen molar-refractivity contribution in [3.05, 3.63) is 71.2 Å². The minimum Gasteiger partial charge on any atom is -0.439 e. The molecule has 1 aliphatic rings. The van der Waals surface area contributed by atoms with E-state index in [1.54, 1.807) is 0 Å². The number of aromatic nitrogens is 2. The van der Waals surface area contributed by atoms with Gasteiger partial charge in [-0.2, -0.15) is 9.97 Å². The van der Waals surface area contributed by atoms with E-state index in [0.29, 0.717) is 28.5 Å². The van der Waals surface area contributed by atoms with Gasteiger partial charge in [0.1, 0.15) is 11.6 Å². The Labute approximate surface area is 186 Å². The number of hydrogen-bond acceptors (Lipinski definition) is 5. The van der Waals surface area contributed by atoms with Crippen molar-refractivity contribution in [2.24, 2.45) is 0 Å². The van der Waals surface area contributed by atoms with E-state index in [0.717, 1.165) is 43.1 Å². The molecule has 1 aromatic heterocycles. The molecular weight excluding hydrogens is 418 g/mol. The van der Waals surface area contributed by atoms with E-state index < -0.39 is 0 Å². The summed E-state index contributed by atoms with van der Waals surface area (Å²) in [5.74, 6) is 2.43. The largest absolute Gasteiger partial charge is 0.439 e. The molecule has 1 saturated heterocycles. The van der Waals surface area contributed by atoms with Gasteiger partial charge >= 0.3 is 0 Å². The third-order valence-electron chi connectivity index (χ3n) is 4.68. The molecule has 1 fully saturated rings. The second kappa shape index (κ2) is 9.73. The van der Waals surface area contributed by atoms with Crippen LogP contribution >= 0.6 is 23.8 Å². The Bertz CT molecular complexity index is 994. The zero-order chi connectivity index (χ0) is 20.8. The van der Waals surface area contributed by atoms with Gasteiger partial charge in [-0.15, -0.1) is 0 Å². The molecule has 6 nitrogen and oxygen atoms in total. The Balaban J connectivity index is 1.47. The molecule has 2 N–H and O–H groups in total. The molecule has 154 valence electrons. The molecule has 3 aromatic rings.